The molecule has 0 spiro atoms. The van der Waals surface area contributed by atoms with E-state index in [9.17, 15) is 14.4 Å². The van der Waals surface area contributed by atoms with Gasteiger partial charge in [-0.25, -0.2) is 4.90 Å². The van der Waals surface area contributed by atoms with Crippen molar-refractivity contribution in [2.75, 3.05) is 42.6 Å². The lowest BCUT2D eigenvalue weighted by Gasteiger charge is -2.35. The molecule has 7 nitrogen and oxygen atoms in total. The number of benzene rings is 2. The van der Waals surface area contributed by atoms with Crippen LogP contribution < -0.4 is 9.80 Å². The Morgan fingerprint density at radius 3 is 1.93 bits per heavy atom. The van der Waals surface area contributed by atoms with Gasteiger partial charge in [0.05, 0.1) is 35.7 Å². The van der Waals surface area contributed by atoms with Crippen LogP contribution in [-0.2, 0) is 9.53 Å². The van der Waals surface area contributed by atoms with Gasteiger partial charge >= 0.3 is 0 Å². The minimum Gasteiger partial charge on any atom is -0.378 e. The van der Waals surface area contributed by atoms with Gasteiger partial charge in [0.15, 0.2) is 0 Å². The third-order valence-electron chi connectivity index (χ3n) is 5.72. The number of morpholine rings is 1. The van der Waals surface area contributed by atoms with Crippen LogP contribution in [0.25, 0.3) is 0 Å². The van der Waals surface area contributed by atoms with Crippen molar-refractivity contribution in [3.8, 4) is 0 Å². The van der Waals surface area contributed by atoms with Crippen LogP contribution in [0, 0.1) is 0 Å². The van der Waals surface area contributed by atoms with Crippen molar-refractivity contribution >= 4 is 29.1 Å². The van der Waals surface area contributed by atoms with Crippen LogP contribution in [-0.4, -0.2) is 55.5 Å². The van der Waals surface area contributed by atoms with Gasteiger partial charge in [-0.15, -0.1) is 0 Å². The van der Waals surface area contributed by atoms with Crippen molar-refractivity contribution in [2.45, 2.75) is 6.42 Å². The summed E-state index contributed by atoms with van der Waals surface area (Å²) in [7, 11) is 0. The Balaban J connectivity index is 1.37. The zero-order valence-electron chi connectivity index (χ0n) is 16.4. The lowest BCUT2D eigenvalue weighted by atomic mass is 10.1. The molecule has 3 aliphatic rings. The van der Waals surface area contributed by atoms with Gasteiger partial charge in [-0.05, 0) is 42.8 Å². The van der Waals surface area contributed by atoms with Gasteiger partial charge in [-0.3, -0.25) is 14.4 Å². The molecule has 0 N–H and O–H groups in total. The van der Waals surface area contributed by atoms with Gasteiger partial charge < -0.3 is 14.5 Å². The normalized spacial score (nSPS) is 19.3. The summed E-state index contributed by atoms with van der Waals surface area (Å²) in [6.45, 7) is 3.27. The highest BCUT2D eigenvalue weighted by Crippen LogP contribution is 2.31. The standard InChI is InChI=1S/C23H21N3O4/c27-21-18-4-1-2-5-19(18)22(28)26(21)17-9-7-16(8-10-17)25-11-3-6-20(23(25)29)24-12-14-30-15-13-24/h1-2,4-10H,3,11-15H2. The number of imide groups is 1. The van der Waals surface area contributed by atoms with Gasteiger partial charge in [-0.2, -0.15) is 0 Å². The molecular formula is C23H21N3O4. The summed E-state index contributed by atoms with van der Waals surface area (Å²) >= 11 is 0. The largest absolute Gasteiger partial charge is 0.378 e. The molecule has 2 aromatic carbocycles. The van der Waals surface area contributed by atoms with E-state index < -0.39 is 0 Å². The van der Waals surface area contributed by atoms with Gasteiger partial charge in [0, 0.05) is 25.3 Å². The second-order valence-corrected chi connectivity index (χ2v) is 7.44. The molecule has 0 atom stereocenters. The van der Waals surface area contributed by atoms with Crippen LogP contribution >= 0.6 is 0 Å². The molecule has 3 heterocycles. The highest BCUT2D eigenvalue weighted by Gasteiger charge is 2.36. The van der Waals surface area contributed by atoms with Gasteiger partial charge in [0.1, 0.15) is 0 Å². The third kappa shape index (κ3) is 2.98. The van der Waals surface area contributed by atoms with Crippen molar-refractivity contribution in [1.29, 1.82) is 0 Å². The number of amides is 3. The summed E-state index contributed by atoms with van der Waals surface area (Å²) in [4.78, 5) is 43.4. The molecule has 3 amide bonds. The summed E-state index contributed by atoms with van der Waals surface area (Å²) in [5.41, 5.74) is 2.79. The number of nitrogens with zero attached hydrogens (tertiary/aromatic N) is 3. The molecule has 0 aliphatic carbocycles. The summed E-state index contributed by atoms with van der Waals surface area (Å²) < 4.78 is 5.39. The highest BCUT2D eigenvalue weighted by molar-refractivity contribution is 6.34. The number of hydrogen-bond donors (Lipinski definition) is 0. The first-order chi connectivity index (χ1) is 14.6. The van der Waals surface area contributed by atoms with E-state index in [0.717, 1.165) is 12.1 Å². The fraction of sp³-hybridized carbons (Fsp3) is 0.261. The Hall–Kier alpha value is -3.45. The first-order valence-electron chi connectivity index (χ1n) is 10.1. The fourth-order valence-electron chi connectivity index (χ4n) is 4.18. The maximum atomic E-state index is 13.1. The second kappa shape index (κ2) is 7.42. The lowest BCUT2D eigenvalue weighted by Crippen LogP contribution is -2.45. The predicted molar refractivity (Wildman–Crippen MR) is 111 cm³/mol. The van der Waals surface area contributed by atoms with E-state index >= 15 is 0 Å². The molecule has 7 heteroatoms. The van der Waals surface area contributed by atoms with E-state index in [1.165, 1.54) is 4.90 Å². The SMILES string of the molecule is O=C1C(N2CCOCC2)=CCCN1c1ccc(N2C(=O)c3ccccc3C2=O)cc1. The first-order valence-corrected chi connectivity index (χ1v) is 10.1. The fourth-order valence-corrected chi connectivity index (χ4v) is 4.18. The van der Waals surface area contributed by atoms with Crippen molar-refractivity contribution in [3.05, 3.63) is 71.4 Å². The van der Waals surface area contributed by atoms with E-state index in [0.29, 0.717) is 55.4 Å². The molecule has 3 aliphatic heterocycles. The minimum atomic E-state index is -0.324. The van der Waals surface area contributed by atoms with Crippen molar-refractivity contribution in [3.63, 3.8) is 0 Å². The van der Waals surface area contributed by atoms with E-state index in [1.54, 1.807) is 53.4 Å². The van der Waals surface area contributed by atoms with E-state index in [4.69, 9.17) is 4.74 Å². The zero-order valence-corrected chi connectivity index (χ0v) is 16.4. The molecule has 2 aromatic rings. The van der Waals surface area contributed by atoms with Crippen molar-refractivity contribution < 1.29 is 19.1 Å². The van der Waals surface area contributed by atoms with E-state index in [-0.39, 0.29) is 17.7 Å². The summed E-state index contributed by atoms with van der Waals surface area (Å²) in [5, 5.41) is 0. The lowest BCUT2D eigenvalue weighted by molar-refractivity contribution is -0.117. The molecule has 0 radical (unpaired) electrons. The molecule has 152 valence electrons. The highest BCUT2D eigenvalue weighted by atomic mass is 16.5. The number of anilines is 2. The number of fused-ring (bicyclic) bond motifs is 1. The second-order valence-electron chi connectivity index (χ2n) is 7.44. The molecule has 1 saturated heterocycles. The monoisotopic (exact) mass is 403 g/mol. The minimum absolute atomic E-state index is 0.0309. The third-order valence-corrected chi connectivity index (χ3v) is 5.72. The van der Waals surface area contributed by atoms with E-state index in [2.05, 4.69) is 4.90 Å². The molecule has 5 rings (SSSR count). The molecule has 0 bridgehead atoms. The van der Waals surface area contributed by atoms with Gasteiger partial charge in [0.2, 0.25) is 0 Å². The zero-order chi connectivity index (χ0) is 20.7. The van der Waals surface area contributed by atoms with Gasteiger partial charge in [0.25, 0.3) is 17.7 Å². The molecule has 0 saturated carbocycles. The Bertz CT molecular complexity index is 1020. The number of ether oxygens (including phenoxy) is 1. The molecule has 0 unspecified atom stereocenters. The summed E-state index contributed by atoms with van der Waals surface area (Å²) in [5.74, 6) is -0.679. The summed E-state index contributed by atoms with van der Waals surface area (Å²) in [6, 6.07) is 13.8. The topological polar surface area (TPSA) is 70.2 Å². The van der Waals surface area contributed by atoms with Crippen LogP contribution in [0.5, 0.6) is 0 Å². The quantitative estimate of drug-likeness (QED) is 0.737. The van der Waals surface area contributed by atoms with Crippen LogP contribution in [0.15, 0.2) is 60.3 Å². The smallest absolute Gasteiger partial charge is 0.274 e. The molecule has 30 heavy (non-hydrogen) atoms. The van der Waals surface area contributed by atoms with Crippen LogP contribution in [0.4, 0.5) is 11.4 Å². The van der Waals surface area contributed by atoms with Crippen molar-refractivity contribution in [2.24, 2.45) is 0 Å². The molecule has 1 fully saturated rings. The average molecular weight is 403 g/mol. The molecule has 0 aromatic heterocycles. The number of carbonyl (C=O) groups is 3. The number of hydrogen-bond acceptors (Lipinski definition) is 5. The number of rotatable bonds is 3. The van der Waals surface area contributed by atoms with Gasteiger partial charge in [-0.1, -0.05) is 18.2 Å². The summed E-state index contributed by atoms with van der Waals surface area (Å²) in [6.07, 6.45) is 2.77. The van der Waals surface area contributed by atoms with Crippen LogP contribution in [0.1, 0.15) is 27.1 Å². The Kier molecular flexibility index (Phi) is 4.59. The number of carbonyl (C=O) groups excluding carboxylic acids is 3. The van der Waals surface area contributed by atoms with Crippen LogP contribution in [0.2, 0.25) is 0 Å². The van der Waals surface area contributed by atoms with Crippen molar-refractivity contribution in [1.82, 2.24) is 4.90 Å². The average Bonchev–Trinajstić information content (AvgIpc) is 3.05. The Labute approximate surface area is 174 Å². The maximum absolute atomic E-state index is 13.1. The molecular weight excluding hydrogens is 382 g/mol. The Morgan fingerprint density at radius 1 is 0.700 bits per heavy atom. The van der Waals surface area contributed by atoms with Crippen LogP contribution in [0.3, 0.4) is 0 Å². The maximum Gasteiger partial charge on any atom is 0.274 e. The van der Waals surface area contributed by atoms with E-state index in [1.807, 2.05) is 6.08 Å². The Morgan fingerprint density at radius 2 is 1.30 bits per heavy atom. The first kappa shape index (κ1) is 18.6. The predicted octanol–water partition coefficient (Wildman–Crippen LogP) is 2.44.